The Morgan fingerprint density at radius 1 is 1.35 bits per heavy atom. The SMILES string of the molecule is CCn1ncc(C(=O)NCCc2c(C)nn(C)c2C)n1. The molecule has 0 radical (unpaired) electrons. The summed E-state index contributed by atoms with van der Waals surface area (Å²) in [4.78, 5) is 13.4. The number of hydrogen-bond donors (Lipinski definition) is 1. The van der Waals surface area contributed by atoms with Crippen LogP contribution in [-0.4, -0.2) is 37.2 Å². The predicted molar refractivity (Wildman–Crippen MR) is 74.4 cm³/mol. The van der Waals surface area contributed by atoms with Gasteiger partial charge in [0.1, 0.15) is 0 Å². The van der Waals surface area contributed by atoms with Crippen LogP contribution in [0.25, 0.3) is 0 Å². The van der Waals surface area contributed by atoms with E-state index in [-0.39, 0.29) is 5.91 Å². The van der Waals surface area contributed by atoms with Gasteiger partial charge >= 0.3 is 0 Å². The standard InChI is InChI=1S/C13H20N6O/c1-5-19-15-8-12(17-19)13(20)14-7-6-11-9(2)16-18(4)10(11)3/h8H,5-7H2,1-4H3,(H,14,20). The van der Waals surface area contributed by atoms with E-state index in [2.05, 4.69) is 20.6 Å². The molecular formula is C13H20N6O. The van der Waals surface area contributed by atoms with Crippen molar-refractivity contribution >= 4 is 5.91 Å². The molecule has 0 saturated heterocycles. The average molecular weight is 276 g/mol. The van der Waals surface area contributed by atoms with Gasteiger partial charge in [-0.1, -0.05) is 0 Å². The smallest absolute Gasteiger partial charge is 0.273 e. The van der Waals surface area contributed by atoms with E-state index in [9.17, 15) is 4.79 Å². The van der Waals surface area contributed by atoms with Crippen molar-refractivity contribution < 1.29 is 4.79 Å². The van der Waals surface area contributed by atoms with Gasteiger partial charge in [-0.05, 0) is 32.8 Å². The summed E-state index contributed by atoms with van der Waals surface area (Å²) in [6.07, 6.45) is 2.25. The Morgan fingerprint density at radius 2 is 2.10 bits per heavy atom. The van der Waals surface area contributed by atoms with Gasteiger partial charge in [-0.25, -0.2) is 0 Å². The molecule has 0 atom stereocenters. The van der Waals surface area contributed by atoms with Gasteiger partial charge in [0, 0.05) is 19.3 Å². The van der Waals surface area contributed by atoms with Crippen LogP contribution in [0, 0.1) is 13.8 Å². The second-order valence-corrected chi connectivity index (χ2v) is 4.70. The van der Waals surface area contributed by atoms with E-state index in [1.54, 1.807) is 0 Å². The topological polar surface area (TPSA) is 77.6 Å². The summed E-state index contributed by atoms with van der Waals surface area (Å²) in [7, 11) is 1.92. The molecule has 1 N–H and O–H groups in total. The first-order chi connectivity index (χ1) is 9.52. The van der Waals surface area contributed by atoms with Gasteiger partial charge in [-0.2, -0.15) is 15.0 Å². The maximum Gasteiger partial charge on any atom is 0.273 e. The number of aryl methyl sites for hydroxylation is 3. The molecule has 0 aliphatic carbocycles. The molecular weight excluding hydrogens is 256 g/mol. The van der Waals surface area contributed by atoms with Gasteiger partial charge < -0.3 is 5.32 Å². The number of nitrogens with zero attached hydrogens (tertiary/aromatic N) is 5. The van der Waals surface area contributed by atoms with Crippen molar-refractivity contribution in [1.29, 1.82) is 0 Å². The van der Waals surface area contributed by atoms with Crippen LogP contribution >= 0.6 is 0 Å². The number of rotatable bonds is 5. The van der Waals surface area contributed by atoms with Crippen LogP contribution in [0.2, 0.25) is 0 Å². The molecule has 7 nitrogen and oxygen atoms in total. The van der Waals surface area contributed by atoms with E-state index >= 15 is 0 Å². The highest BCUT2D eigenvalue weighted by Gasteiger charge is 2.12. The molecule has 0 saturated carbocycles. The Balaban J connectivity index is 1.91. The maximum absolute atomic E-state index is 11.9. The van der Waals surface area contributed by atoms with Crippen LogP contribution in [-0.2, 0) is 20.0 Å². The largest absolute Gasteiger partial charge is 0.350 e. The van der Waals surface area contributed by atoms with Gasteiger partial charge in [-0.3, -0.25) is 9.48 Å². The fourth-order valence-electron chi connectivity index (χ4n) is 2.12. The fourth-order valence-corrected chi connectivity index (χ4v) is 2.12. The quantitative estimate of drug-likeness (QED) is 0.868. The van der Waals surface area contributed by atoms with E-state index in [4.69, 9.17) is 0 Å². The normalized spacial score (nSPS) is 10.8. The molecule has 0 aromatic carbocycles. The van der Waals surface area contributed by atoms with Gasteiger partial charge in [0.05, 0.1) is 18.4 Å². The molecule has 2 heterocycles. The molecule has 0 spiro atoms. The minimum atomic E-state index is -0.191. The minimum Gasteiger partial charge on any atom is -0.350 e. The van der Waals surface area contributed by atoms with E-state index in [0.29, 0.717) is 18.8 Å². The minimum absolute atomic E-state index is 0.191. The Labute approximate surface area is 118 Å². The van der Waals surface area contributed by atoms with Crippen molar-refractivity contribution in [1.82, 2.24) is 30.1 Å². The number of carbonyl (C=O) groups excluding carboxylic acids is 1. The van der Waals surface area contributed by atoms with Crippen LogP contribution in [0.15, 0.2) is 6.20 Å². The van der Waals surface area contributed by atoms with Gasteiger partial charge in [-0.15, -0.1) is 5.10 Å². The van der Waals surface area contributed by atoms with Crippen molar-refractivity contribution in [2.45, 2.75) is 33.7 Å². The van der Waals surface area contributed by atoms with Crippen molar-refractivity contribution in [3.63, 3.8) is 0 Å². The highest BCUT2D eigenvalue weighted by atomic mass is 16.2. The zero-order valence-corrected chi connectivity index (χ0v) is 12.3. The van der Waals surface area contributed by atoms with Crippen molar-refractivity contribution in [3.05, 3.63) is 28.8 Å². The van der Waals surface area contributed by atoms with E-state index in [0.717, 1.165) is 17.8 Å². The third kappa shape index (κ3) is 2.87. The molecule has 1 amide bonds. The average Bonchev–Trinajstić information content (AvgIpc) is 2.99. The summed E-state index contributed by atoms with van der Waals surface area (Å²) in [5.41, 5.74) is 3.68. The number of carbonyl (C=O) groups is 1. The molecule has 20 heavy (non-hydrogen) atoms. The first-order valence-electron chi connectivity index (χ1n) is 6.70. The first kappa shape index (κ1) is 14.2. The molecule has 0 aliphatic rings. The van der Waals surface area contributed by atoms with Crippen molar-refractivity contribution in [2.75, 3.05) is 6.54 Å². The van der Waals surface area contributed by atoms with Crippen LogP contribution in [0.3, 0.4) is 0 Å². The molecule has 7 heteroatoms. The molecule has 108 valence electrons. The van der Waals surface area contributed by atoms with Crippen LogP contribution < -0.4 is 5.32 Å². The van der Waals surface area contributed by atoms with Gasteiger partial charge in [0.2, 0.25) is 0 Å². The lowest BCUT2D eigenvalue weighted by Gasteiger charge is -2.04. The van der Waals surface area contributed by atoms with Gasteiger partial charge in [0.25, 0.3) is 5.91 Å². The Hall–Kier alpha value is -2.18. The number of nitrogens with one attached hydrogen (secondary N) is 1. The summed E-state index contributed by atoms with van der Waals surface area (Å²) in [6.45, 7) is 7.16. The van der Waals surface area contributed by atoms with Gasteiger partial charge in [0.15, 0.2) is 5.69 Å². The van der Waals surface area contributed by atoms with Crippen LogP contribution in [0.5, 0.6) is 0 Å². The predicted octanol–water partition coefficient (Wildman–Crippen LogP) is 0.621. The van der Waals surface area contributed by atoms with E-state index in [1.807, 2.05) is 32.5 Å². The second-order valence-electron chi connectivity index (χ2n) is 4.70. The highest BCUT2D eigenvalue weighted by molar-refractivity contribution is 5.91. The van der Waals surface area contributed by atoms with Crippen LogP contribution in [0.4, 0.5) is 0 Å². The lowest BCUT2D eigenvalue weighted by molar-refractivity contribution is 0.0948. The molecule has 0 unspecified atom stereocenters. The summed E-state index contributed by atoms with van der Waals surface area (Å²) in [5, 5.41) is 15.3. The lowest BCUT2D eigenvalue weighted by atomic mass is 10.1. The van der Waals surface area contributed by atoms with E-state index in [1.165, 1.54) is 16.6 Å². The molecule has 0 aliphatic heterocycles. The van der Waals surface area contributed by atoms with Crippen LogP contribution in [0.1, 0.15) is 34.4 Å². The second kappa shape index (κ2) is 5.85. The maximum atomic E-state index is 11.9. The molecule has 0 bridgehead atoms. The van der Waals surface area contributed by atoms with Crippen molar-refractivity contribution in [2.24, 2.45) is 7.05 Å². The zero-order chi connectivity index (χ0) is 14.7. The molecule has 2 rings (SSSR count). The first-order valence-corrected chi connectivity index (χ1v) is 6.70. The summed E-state index contributed by atoms with van der Waals surface area (Å²) >= 11 is 0. The lowest BCUT2D eigenvalue weighted by Crippen LogP contribution is -2.26. The third-order valence-corrected chi connectivity index (χ3v) is 3.37. The fraction of sp³-hybridized carbons (Fsp3) is 0.538. The zero-order valence-electron chi connectivity index (χ0n) is 12.3. The molecule has 0 fully saturated rings. The van der Waals surface area contributed by atoms with E-state index < -0.39 is 0 Å². The number of hydrogen-bond acceptors (Lipinski definition) is 4. The Morgan fingerprint density at radius 3 is 2.65 bits per heavy atom. The summed E-state index contributed by atoms with van der Waals surface area (Å²) in [6, 6.07) is 0. The Bertz CT molecular complexity index is 612. The third-order valence-electron chi connectivity index (χ3n) is 3.37. The summed E-state index contributed by atoms with van der Waals surface area (Å²) < 4.78 is 1.86. The molecule has 2 aromatic rings. The number of aromatic nitrogens is 5. The highest BCUT2D eigenvalue weighted by Crippen LogP contribution is 2.11. The summed E-state index contributed by atoms with van der Waals surface area (Å²) in [5.74, 6) is -0.191. The number of amides is 1. The monoisotopic (exact) mass is 276 g/mol. The molecule has 2 aromatic heterocycles. The van der Waals surface area contributed by atoms with Crippen molar-refractivity contribution in [3.8, 4) is 0 Å². The Kier molecular flexibility index (Phi) is 4.16.